The van der Waals surface area contributed by atoms with Crippen LogP contribution in [-0.4, -0.2) is 4.57 Å². The second-order valence-electron chi connectivity index (χ2n) is 8.16. The summed E-state index contributed by atoms with van der Waals surface area (Å²) in [4.78, 5) is 0. The number of benzene rings is 2. The largest absolute Gasteiger partial charge is 0.456 e. The number of rotatable bonds is 1. The fourth-order valence-electron chi connectivity index (χ4n) is 4.62. The minimum Gasteiger partial charge on any atom is -0.456 e. The highest BCUT2D eigenvalue weighted by molar-refractivity contribution is 6.19. The summed E-state index contributed by atoms with van der Waals surface area (Å²) in [5, 5.41) is 4.96. The van der Waals surface area contributed by atoms with Gasteiger partial charge in [-0.15, -0.1) is 0 Å². The van der Waals surface area contributed by atoms with Gasteiger partial charge in [0.2, 0.25) is 5.52 Å². The van der Waals surface area contributed by atoms with Crippen LogP contribution in [0.25, 0.3) is 43.7 Å². The van der Waals surface area contributed by atoms with E-state index in [9.17, 15) is 0 Å². The average Bonchev–Trinajstić information content (AvgIpc) is 3.03. The van der Waals surface area contributed by atoms with Crippen molar-refractivity contribution in [3.63, 3.8) is 0 Å². The van der Waals surface area contributed by atoms with E-state index in [0.717, 1.165) is 11.2 Å². The first-order valence-electron chi connectivity index (χ1n) is 9.61. The van der Waals surface area contributed by atoms with Crippen LogP contribution in [0, 0.1) is 13.8 Å². The lowest BCUT2D eigenvalue weighted by atomic mass is 9.95. The van der Waals surface area contributed by atoms with Crippen LogP contribution >= 0.6 is 0 Å². The molecule has 27 heavy (non-hydrogen) atoms. The van der Waals surface area contributed by atoms with Crippen LogP contribution in [0.5, 0.6) is 0 Å². The van der Waals surface area contributed by atoms with Gasteiger partial charge in [-0.1, -0.05) is 19.9 Å². The van der Waals surface area contributed by atoms with E-state index in [1.807, 2.05) is 0 Å². The van der Waals surface area contributed by atoms with E-state index in [0.29, 0.717) is 5.92 Å². The normalized spacial score (nSPS) is 12.4. The third-order valence-electron chi connectivity index (χ3n) is 6.11. The van der Waals surface area contributed by atoms with Gasteiger partial charge < -0.3 is 8.98 Å². The molecule has 5 rings (SSSR count). The molecular weight excluding hydrogens is 332 g/mol. The summed E-state index contributed by atoms with van der Waals surface area (Å²) < 4.78 is 11.1. The first-order chi connectivity index (χ1) is 12.9. The zero-order valence-electron chi connectivity index (χ0n) is 16.8. The molecule has 0 aliphatic heterocycles. The Bertz CT molecular complexity index is 1380. The van der Waals surface area contributed by atoms with Gasteiger partial charge >= 0.3 is 0 Å². The number of pyridine rings is 1. The Kier molecular flexibility index (Phi) is 3.24. The van der Waals surface area contributed by atoms with Crippen LogP contribution in [0.15, 0.2) is 41.1 Å². The van der Waals surface area contributed by atoms with Crippen molar-refractivity contribution in [3.05, 3.63) is 53.3 Å². The summed E-state index contributed by atoms with van der Waals surface area (Å²) in [6, 6.07) is 8.93. The minimum atomic E-state index is 0.465. The molecule has 0 saturated carbocycles. The molecule has 0 spiro atoms. The smallest absolute Gasteiger partial charge is 0.216 e. The second-order valence-corrected chi connectivity index (χ2v) is 8.16. The van der Waals surface area contributed by atoms with E-state index in [1.165, 1.54) is 49.3 Å². The van der Waals surface area contributed by atoms with Crippen molar-refractivity contribution < 1.29 is 8.98 Å². The second kappa shape index (κ2) is 5.35. The lowest BCUT2D eigenvalue weighted by Gasteiger charge is -2.17. The first kappa shape index (κ1) is 16.4. The molecule has 0 N–H and O–H groups in total. The molecule has 2 aromatic carbocycles. The van der Waals surface area contributed by atoms with E-state index < -0.39 is 0 Å². The van der Waals surface area contributed by atoms with E-state index in [4.69, 9.17) is 4.42 Å². The molecule has 0 unspecified atom stereocenters. The van der Waals surface area contributed by atoms with Gasteiger partial charge in [0.25, 0.3) is 0 Å². The predicted octanol–water partition coefficient (Wildman–Crippen LogP) is 5.80. The molecule has 0 bridgehead atoms. The van der Waals surface area contributed by atoms with Gasteiger partial charge in [0, 0.05) is 35.8 Å². The maximum Gasteiger partial charge on any atom is 0.216 e. The Morgan fingerprint density at radius 3 is 2.56 bits per heavy atom. The maximum absolute atomic E-state index is 6.60. The van der Waals surface area contributed by atoms with Crippen LogP contribution in [-0.2, 0) is 14.1 Å². The molecule has 0 fully saturated rings. The predicted molar refractivity (Wildman–Crippen MR) is 112 cm³/mol. The number of aryl methyl sites for hydroxylation is 4. The van der Waals surface area contributed by atoms with E-state index in [-0.39, 0.29) is 0 Å². The topological polar surface area (TPSA) is 21.9 Å². The maximum atomic E-state index is 6.60. The highest BCUT2D eigenvalue weighted by Gasteiger charge is 2.23. The minimum absolute atomic E-state index is 0.465. The summed E-state index contributed by atoms with van der Waals surface area (Å²) in [6.07, 6.45) is 4.31. The van der Waals surface area contributed by atoms with Gasteiger partial charge in [0.05, 0.1) is 16.3 Å². The zero-order chi connectivity index (χ0) is 19.0. The van der Waals surface area contributed by atoms with Gasteiger partial charge in [-0.2, -0.15) is 0 Å². The molecule has 0 amide bonds. The van der Waals surface area contributed by atoms with Crippen molar-refractivity contribution in [1.82, 2.24) is 4.57 Å². The van der Waals surface area contributed by atoms with E-state index >= 15 is 0 Å². The Balaban J connectivity index is 2.14. The summed E-state index contributed by atoms with van der Waals surface area (Å²) in [7, 11) is 4.25. The fourth-order valence-corrected chi connectivity index (χ4v) is 4.62. The quantitative estimate of drug-likeness (QED) is 0.211. The van der Waals surface area contributed by atoms with Crippen LogP contribution in [0.4, 0.5) is 0 Å². The Labute approximate surface area is 158 Å². The van der Waals surface area contributed by atoms with Gasteiger partial charge in [0.1, 0.15) is 18.2 Å². The first-order valence-corrected chi connectivity index (χ1v) is 9.61. The van der Waals surface area contributed by atoms with Crippen molar-refractivity contribution in [3.8, 4) is 0 Å². The Hall–Kier alpha value is -2.81. The van der Waals surface area contributed by atoms with Crippen LogP contribution in [0.2, 0.25) is 0 Å². The summed E-state index contributed by atoms with van der Waals surface area (Å²) >= 11 is 0. The summed E-state index contributed by atoms with van der Waals surface area (Å²) in [5.41, 5.74) is 8.33. The average molecular weight is 357 g/mol. The standard InChI is InChI=1S/C24H25N2O/c1-13(2)17-11-16-7-9-26(6)23-20-15(4)22-18(8-10-25(22)5)14(3)24(20)27-19(12-17)21(16)23/h7-13H,1-6H3/q+1. The third kappa shape index (κ3) is 2.05. The van der Waals surface area contributed by atoms with Gasteiger partial charge in [-0.3, -0.25) is 0 Å². The molecule has 0 aliphatic rings. The number of nitrogens with zero attached hydrogens (tertiary/aromatic N) is 2. The van der Waals surface area contributed by atoms with Crippen molar-refractivity contribution in [2.24, 2.45) is 14.1 Å². The van der Waals surface area contributed by atoms with Crippen molar-refractivity contribution in [2.75, 3.05) is 0 Å². The van der Waals surface area contributed by atoms with Gasteiger partial charge in [-0.25, -0.2) is 4.57 Å². The van der Waals surface area contributed by atoms with Crippen LogP contribution in [0.3, 0.4) is 0 Å². The fraction of sp³-hybridized carbons (Fsp3) is 0.292. The SMILES string of the molecule is Cc1c2cc[n+](C)c2c(C)c2c1oc1cc(C(C)C)cc3ccn(C)c2c31. The Morgan fingerprint density at radius 2 is 1.81 bits per heavy atom. The lowest BCUT2D eigenvalue weighted by Crippen LogP contribution is -2.25. The number of hydrogen-bond acceptors (Lipinski definition) is 1. The van der Waals surface area contributed by atoms with Gasteiger partial charge in [-0.05, 0) is 42.8 Å². The monoisotopic (exact) mass is 357 g/mol. The zero-order valence-corrected chi connectivity index (χ0v) is 16.8. The van der Waals surface area contributed by atoms with E-state index in [1.54, 1.807) is 0 Å². The van der Waals surface area contributed by atoms with Crippen molar-refractivity contribution >= 4 is 43.7 Å². The third-order valence-corrected chi connectivity index (χ3v) is 6.11. The van der Waals surface area contributed by atoms with E-state index in [2.05, 4.69) is 87.6 Å². The van der Waals surface area contributed by atoms with Crippen molar-refractivity contribution in [1.29, 1.82) is 0 Å². The molecule has 0 radical (unpaired) electrons. The lowest BCUT2D eigenvalue weighted by molar-refractivity contribution is -0.642. The highest BCUT2D eigenvalue weighted by atomic mass is 16.3. The summed E-state index contributed by atoms with van der Waals surface area (Å²) in [6.45, 7) is 8.86. The molecule has 3 heteroatoms. The number of aromatic nitrogens is 2. The molecule has 0 aliphatic carbocycles. The number of fused-ring (bicyclic) bond motifs is 3. The number of hydrogen-bond donors (Lipinski definition) is 0. The molecule has 0 saturated heterocycles. The summed E-state index contributed by atoms with van der Waals surface area (Å²) in [5.74, 6) is 0.465. The van der Waals surface area contributed by atoms with Crippen LogP contribution < -0.4 is 4.57 Å². The molecule has 0 atom stereocenters. The molecular formula is C24H25N2O+. The van der Waals surface area contributed by atoms with Gasteiger partial charge in [0.15, 0.2) is 6.20 Å². The molecule has 3 aromatic heterocycles. The molecule has 3 heterocycles. The van der Waals surface area contributed by atoms with Crippen molar-refractivity contribution in [2.45, 2.75) is 33.6 Å². The molecule has 3 nitrogen and oxygen atoms in total. The Morgan fingerprint density at radius 1 is 1.04 bits per heavy atom. The van der Waals surface area contributed by atoms with Crippen LogP contribution in [0.1, 0.15) is 36.5 Å². The molecule has 5 aromatic rings. The molecule has 136 valence electrons. The highest BCUT2D eigenvalue weighted by Crippen LogP contribution is 2.40.